The fourth-order valence-electron chi connectivity index (χ4n) is 4.79. The van der Waals surface area contributed by atoms with Gasteiger partial charge in [-0.15, -0.1) is 0 Å². The lowest BCUT2D eigenvalue weighted by molar-refractivity contribution is -0.133. The van der Waals surface area contributed by atoms with Gasteiger partial charge in [0.25, 0.3) is 5.92 Å². The molecule has 1 saturated carbocycles. The molecule has 0 bridgehead atoms. The number of benzene rings is 1. The number of halogens is 2. The molecular weight excluding hydrogens is 495 g/mol. The van der Waals surface area contributed by atoms with E-state index in [0.717, 1.165) is 24.4 Å². The van der Waals surface area contributed by atoms with Gasteiger partial charge in [-0.1, -0.05) is 25.6 Å². The molecule has 2 aromatic rings. The van der Waals surface area contributed by atoms with E-state index >= 15 is 0 Å². The Hall–Kier alpha value is -3.25. The Morgan fingerprint density at radius 1 is 1.24 bits per heavy atom. The molecule has 38 heavy (non-hydrogen) atoms. The number of amides is 2. The van der Waals surface area contributed by atoms with Crippen LogP contribution in [0.1, 0.15) is 68.4 Å². The van der Waals surface area contributed by atoms with Crippen LogP contribution < -0.4 is 10.6 Å². The summed E-state index contributed by atoms with van der Waals surface area (Å²) in [5, 5.41) is 28.7. The number of rotatable bonds is 10. The molecule has 1 aliphatic heterocycles. The van der Waals surface area contributed by atoms with E-state index in [4.69, 9.17) is 7.85 Å². The Kier molecular flexibility index (Phi) is 7.67. The third-order valence-electron chi connectivity index (χ3n) is 6.87. The van der Waals surface area contributed by atoms with Crippen LogP contribution in [0.5, 0.6) is 0 Å². The number of aromatic nitrogens is 2. The largest absolute Gasteiger partial charge is 0.358 e. The minimum Gasteiger partial charge on any atom is -0.358 e. The maximum atomic E-state index is 14.4. The van der Waals surface area contributed by atoms with Crippen molar-refractivity contribution in [2.24, 2.45) is 0 Å². The summed E-state index contributed by atoms with van der Waals surface area (Å²) in [4.78, 5) is 27.8. The van der Waals surface area contributed by atoms with E-state index in [2.05, 4.69) is 22.3 Å². The van der Waals surface area contributed by atoms with Crippen LogP contribution >= 0.6 is 0 Å². The maximum absolute atomic E-state index is 14.4. The molecule has 0 unspecified atom stereocenters. The van der Waals surface area contributed by atoms with Crippen LogP contribution in [-0.2, 0) is 22.1 Å². The van der Waals surface area contributed by atoms with Gasteiger partial charge in [-0.25, -0.2) is 0 Å². The number of hydrogen-bond acceptors (Lipinski definition) is 6. The summed E-state index contributed by atoms with van der Waals surface area (Å²) >= 11 is 0. The predicted molar refractivity (Wildman–Crippen MR) is 137 cm³/mol. The Balaban J connectivity index is 1.64. The predicted octanol–water partition coefficient (Wildman–Crippen LogP) is 2.47. The molecule has 1 saturated heterocycles. The van der Waals surface area contributed by atoms with Crippen molar-refractivity contribution in [1.29, 1.82) is 0 Å². The number of carbonyl (C=O) groups is 2. The van der Waals surface area contributed by atoms with E-state index in [0.29, 0.717) is 29.7 Å². The number of nitrogens with zero attached hydrogens (tertiary/aromatic N) is 3. The van der Waals surface area contributed by atoms with Gasteiger partial charge in [0, 0.05) is 30.6 Å². The highest BCUT2D eigenvalue weighted by molar-refractivity contribution is 6.14. The average molecular weight is 527 g/mol. The van der Waals surface area contributed by atoms with Crippen molar-refractivity contribution in [2.75, 3.05) is 11.9 Å². The Morgan fingerprint density at radius 2 is 1.95 bits per heavy atom. The first kappa shape index (κ1) is 27.8. The van der Waals surface area contributed by atoms with Crippen molar-refractivity contribution in [3.05, 3.63) is 59.4 Å². The summed E-state index contributed by atoms with van der Waals surface area (Å²) in [6.07, 6.45) is 2.64. The summed E-state index contributed by atoms with van der Waals surface area (Å²) in [6.45, 7) is 6.24. The lowest BCUT2D eigenvalue weighted by Gasteiger charge is -2.30. The zero-order valence-electron chi connectivity index (χ0n) is 21.5. The van der Waals surface area contributed by atoms with E-state index in [1.807, 2.05) is 6.92 Å². The number of likely N-dealkylation sites (tertiary alicyclic amines) is 1. The van der Waals surface area contributed by atoms with E-state index in [-0.39, 0.29) is 36.3 Å². The highest BCUT2D eigenvalue weighted by Gasteiger charge is 2.41. The Bertz CT molecular complexity index is 1220. The summed E-state index contributed by atoms with van der Waals surface area (Å²) in [6, 6.07) is 6.73. The molecule has 4 rings (SSSR count). The molecule has 2 aliphatic rings. The lowest BCUT2D eigenvalue weighted by atomic mass is 9.98. The van der Waals surface area contributed by atoms with E-state index < -0.39 is 29.7 Å². The molecule has 4 N–H and O–H groups in total. The van der Waals surface area contributed by atoms with E-state index in [9.17, 15) is 28.6 Å². The normalized spacial score (nSPS) is 19.9. The fourth-order valence-corrected chi connectivity index (χ4v) is 4.79. The van der Waals surface area contributed by atoms with Gasteiger partial charge < -0.3 is 25.7 Å². The second kappa shape index (κ2) is 10.5. The van der Waals surface area contributed by atoms with Gasteiger partial charge in [0.2, 0.25) is 11.8 Å². The number of nitrogens with one attached hydrogen (secondary N) is 2. The van der Waals surface area contributed by atoms with E-state index in [1.165, 1.54) is 11.0 Å². The molecule has 9 nitrogen and oxygen atoms in total. The van der Waals surface area contributed by atoms with Crippen LogP contribution in [0.25, 0.3) is 0 Å². The zero-order valence-corrected chi connectivity index (χ0v) is 21.5. The molecule has 1 aromatic heterocycles. The first-order chi connectivity index (χ1) is 17.8. The summed E-state index contributed by atoms with van der Waals surface area (Å²) in [7, 11) is 5.25. The number of carbonyl (C=O) groups excluding carboxylic acids is 2. The number of alkyl halides is 2. The first-order valence-corrected chi connectivity index (χ1v) is 12.6. The molecule has 2 heterocycles. The van der Waals surface area contributed by atoms with Crippen LogP contribution in [0.3, 0.4) is 0 Å². The number of hydrogen-bond donors (Lipinski definition) is 4. The zero-order chi connectivity index (χ0) is 27.8. The van der Waals surface area contributed by atoms with Crippen molar-refractivity contribution in [2.45, 2.75) is 75.8 Å². The Morgan fingerprint density at radius 3 is 2.55 bits per heavy atom. The molecule has 2 radical (unpaired) electrons. The molecular formula is C26H32BF2N5O4. The first-order valence-electron chi connectivity index (χ1n) is 12.6. The SMILES string of the molecule is [B]C(O)(O)Nc1cccc([C@@H]2[C@H](NC(=O)C(=C)CC)CCN2C(=O)Cn2nc(C3CC3)cc2C(C)(F)F)c1. The number of aliphatic hydroxyl groups is 2. The molecule has 2 atom stereocenters. The second-order valence-electron chi connectivity index (χ2n) is 10.1. The van der Waals surface area contributed by atoms with Crippen LogP contribution in [0.15, 0.2) is 42.5 Å². The summed E-state index contributed by atoms with van der Waals surface area (Å²) in [5.41, 5.74) is 1.48. The molecule has 202 valence electrons. The molecule has 1 aliphatic carbocycles. The van der Waals surface area contributed by atoms with E-state index in [1.54, 1.807) is 24.3 Å². The lowest BCUT2D eigenvalue weighted by Crippen LogP contribution is -2.43. The third-order valence-corrected chi connectivity index (χ3v) is 6.87. The minimum absolute atomic E-state index is 0.140. The molecule has 2 amide bonds. The van der Waals surface area contributed by atoms with Crippen LogP contribution in [0.2, 0.25) is 0 Å². The van der Waals surface area contributed by atoms with Crippen molar-refractivity contribution >= 4 is 25.3 Å². The summed E-state index contributed by atoms with van der Waals surface area (Å²) in [5.74, 6) is -6.48. The molecule has 1 aromatic carbocycles. The van der Waals surface area contributed by atoms with Gasteiger partial charge in [0.1, 0.15) is 12.2 Å². The van der Waals surface area contributed by atoms with Gasteiger partial charge >= 0.3 is 0 Å². The second-order valence-corrected chi connectivity index (χ2v) is 10.1. The van der Waals surface area contributed by atoms with Gasteiger partial charge in [0.05, 0.1) is 17.8 Å². The number of anilines is 1. The smallest absolute Gasteiger partial charge is 0.286 e. The van der Waals surface area contributed by atoms with Gasteiger partial charge in [0.15, 0.2) is 13.7 Å². The van der Waals surface area contributed by atoms with Crippen molar-refractivity contribution in [3.8, 4) is 0 Å². The highest BCUT2D eigenvalue weighted by Crippen LogP contribution is 2.41. The molecule has 0 spiro atoms. The minimum atomic E-state index is -3.18. The molecule has 2 fully saturated rings. The van der Waals surface area contributed by atoms with Crippen LogP contribution in [-0.4, -0.2) is 63.0 Å². The standard InChI is InChI=1S/C26H32BF2N5O4/c1-4-15(2)24(36)30-19-10-11-33(23(19)17-6-5-7-18(12-17)31-26(27,37)38)22(35)14-34-21(25(3,28)29)13-20(32-34)16-8-9-16/h5-7,12-13,16,19,23,31,37-38H,2,4,8-11,14H2,1,3H3,(H,30,36)/t19-,23-/m1/s1. The van der Waals surface area contributed by atoms with Crippen molar-refractivity contribution in [1.82, 2.24) is 20.0 Å². The monoisotopic (exact) mass is 527 g/mol. The van der Waals surface area contributed by atoms with Crippen LogP contribution in [0.4, 0.5) is 14.5 Å². The van der Waals surface area contributed by atoms with Crippen LogP contribution in [0, 0.1) is 0 Å². The van der Waals surface area contributed by atoms with Gasteiger partial charge in [-0.2, -0.15) is 13.9 Å². The topological polar surface area (TPSA) is 120 Å². The maximum Gasteiger partial charge on any atom is 0.286 e. The van der Waals surface area contributed by atoms with Gasteiger partial charge in [-0.05, 0) is 49.4 Å². The molecule has 12 heteroatoms. The highest BCUT2D eigenvalue weighted by atomic mass is 19.3. The summed E-state index contributed by atoms with van der Waals surface area (Å²) < 4.78 is 29.8. The fraction of sp³-hybridized carbons (Fsp3) is 0.500. The average Bonchev–Trinajstić information content (AvgIpc) is 3.44. The Labute approximate surface area is 221 Å². The van der Waals surface area contributed by atoms with Crippen molar-refractivity contribution in [3.63, 3.8) is 0 Å². The third kappa shape index (κ3) is 6.41. The van der Waals surface area contributed by atoms with Gasteiger partial charge in [-0.3, -0.25) is 14.3 Å². The van der Waals surface area contributed by atoms with Crippen molar-refractivity contribution < 1.29 is 28.6 Å². The quantitative estimate of drug-likeness (QED) is 0.214.